The van der Waals surface area contributed by atoms with Crippen molar-refractivity contribution in [2.75, 3.05) is 0 Å². The molecule has 4 aliphatic rings. The van der Waals surface area contributed by atoms with Crippen molar-refractivity contribution in [3.05, 3.63) is 0 Å². The van der Waals surface area contributed by atoms with Crippen LogP contribution >= 0.6 is 0 Å². The Morgan fingerprint density at radius 3 is 2.47 bits per heavy atom. The molecule has 4 fully saturated rings. The van der Waals surface area contributed by atoms with Gasteiger partial charge in [-0.3, -0.25) is 0 Å². The van der Waals surface area contributed by atoms with Crippen molar-refractivity contribution >= 4 is 0 Å². The highest BCUT2D eigenvalue weighted by Crippen LogP contribution is 2.58. The average molecular weight is 238 g/mol. The molecule has 0 radical (unpaired) electrons. The topological polar surface area (TPSA) is 29.5 Å². The van der Waals surface area contributed by atoms with Gasteiger partial charge in [0.15, 0.2) is 0 Å². The van der Waals surface area contributed by atoms with Gasteiger partial charge in [0.2, 0.25) is 0 Å². The molecule has 0 aromatic rings. The molecule has 0 aromatic carbocycles. The molecule has 1 N–H and O–H groups in total. The summed E-state index contributed by atoms with van der Waals surface area (Å²) in [4.78, 5) is 0. The molecule has 0 unspecified atom stereocenters. The molecule has 2 saturated carbocycles. The first kappa shape index (κ1) is 12.0. The van der Waals surface area contributed by atoms with E-state index in [1.54, 1.807) is 0 Å². The van der Waals surface area contributed by atoms with E-state index in [0.717, 1.165) is 24.7 Å². The van der Waals surface area contributed by atoms with Crippen LogP contribution in [-0.4, -0.2) is 22.4 Å². The minimum Gasteiger partial charge on any atom is -0.393 e. The third-order valence-electron chi connectivity index (χ3n) is 5.96. The number of ether oxygens (including phenoxy) is 1. The van der Waals surface area contributed by atoms with Gasteiger partial charge in [-0.2, -0.15) is 0 Å². The lowest BCUT2D eigenvalue weighted by Crippen LogP contribution is -2.55. The van der Waals surface area contributed by atoms with Crippen LogP contribution in [0, 0.1) is 23.7 Å². The van der Waals surface area contributed by atoms with Crippen LogP contribution < -0.4 is 0 Å². The van der Waals surface area contributed by atoms with Crippen molar-refractivity contribution < 1.29 is 9.84 Å². The molecule has 0 amide bonds. The number of rotatable bonds is 0. The fourth-order valence-electron chi connectivity index (χ4n) is 5.12. The smallest absolute Gasteiger partial charge is 0.0717 e. The van der Waals surface area contributed by atoms with E-state index in [9.17, 15) is 5.11 Å². The molecule has 2 saturated heterocycles. The number of aliphatic hydroxyl groups excluding tert-OH is 1. The van der Waals surface area contributed by atoms with Crippen LogP contribution in [0.25, 0.3) is 0 Å². The maximum atomic E-state index is 10.4. The van der Waals surface area contributed by atoms with Crippen molar-refractivity contribution in [2.24, 2.45) is 23.7 Å². The highest BCUT2D eigenvalue weighted by molar-refractivity contribution is 5.08. The molecule has 2 aliphatic heterocycles. The monoisotopic (exact) mass is 238 g/mol. The summed E-state index contributed by atoms with van der Waals surface area (Å²) in [5.41, 5.74) is -0.248. The van der Waals surface area contributed by atoms with Gasteiger partial charge < -0.3 is 9.84 Å². The summed E-state index contributed by atoms with van der Waals surface area (Å²) in [7, 11) is 0. The van der Waals surface area contributed by atoms with Gasteiger partial charge in [-0.15, -0.1) is 0 Å². The van der Waals surface area contributed by atoms with E-state index in [1.165, 1.54) is 12.8 Å². The van der Waals surface area contributed by atoms with Crippen molar-refractivity contribution in [1.29, 1.82) is 0 Å². The summed E-state index contributed by atoms with van der Waals surface area (Å²) in [6, 6.07) is 0. The molecular weight excluding hydrogens is 212 g/mol. The molecule has 0 spiro atoms. The second-order valence-corrected chi connectivity index (χ2v) is 7.46. The number of fused-ring (bicyclic) bond motifs is 2. The zero-order chi connectivity index (χ0) is 12.4. The van der Waals surface area contributed by atoms with Crippen LogP contribution in [0.1, 0.15) is 53.4 Å². The van der Waals surface area contributed by atoms with Gasteiger partial charge >= 0.3 is 0 Å². The lowest BCUT2D eigenvalue weighted by atomic mass is 9.76. The van der Waals surface area contributed by atoms with E-state index in [2.05, 4.69) is 27.7 Å². The average Bonchev–Trinajstić information content (AvgIpc) is 2.44. The standard InChI is InChI=1S/C15H26O2/c1-9-5-6-11-10(9)7-12-13(16)8-15(11,4)17-14(12,2)3/h9-13,16H,5-8H2,1-4H3/t9-,10-,11-,12+,13+,15+/m1/s1. The second-order valence-electron chi connectivity index (χ2n) is 7.46. The van der Waals surface area contributed by atoms with Crippen LogP contribution in [0.15, 0.2) is 0 Å². The van der Waals surface area contributed by atoms with Crippen molar-refractivity contribution in [3.8, 4) is 0 Å². The van der Waals surface area contributed by atoms with Crippen LogP contribution in [0.5, 0.6) is 0 Å². The highest BCUT2D eigenvalue weighted by atomic mass is 16.5. The van der Waals surface area contributed by atoms with Crippen molar-refractivity contribution in [2.45, 2.75) is 70.7 Å². The molecule has 2 heteroatoms. The van der Waals surface area contributed by atoms with Crippen LogP contribution in [0.4, 0.5) is 0 Å². The third-order valence-corrected chi connectivity index (χ3v) is 5.96. The lowest BCUT2D eigenvalue weighted by molar-refractivity contribution is -0.230. The first-order valence-corrected chi connectivity index (χ1v) is 7.22. The molecule has 6 atom stereocenters. The predicted octanol–water partition coefficient (Wildman–Crippen LogP) is 2.99. The molecule has 98 valence electrons. The van der Waals surface area contributed by atoms with E-state index in [0.29, 0.717) is 11.8 Å². The Kier molecular flexibility index (Phi) is 2.45. The zero-order valence-electron chi connectivity index (χ0n) is 11.6. The number of hydrogen-bond acceptors (Lipinski definition) is 2. The predicted molar refractivity (Wildman–Crippen MR) is 67.7 cm³/mol. The van der Waals surface area contributed by atoms with Gasteiger partial charge in [0.1, 0.15) is 0 Å². The fraction of sp³-hybridized carbons (Fsp3) is 1.00. The molecule has 4 rings (SSSR count). The van der Waals surface area contributed by atoms with Gasteiger partial charge in [-0.05, 0) is 51.4 Å². The lowest BCUT2D eigenvalue weighted by Gasteiger charge is -2.49. The molecule has 17 heavy (non-hydrogen) atoms. The number of hydrogen-bond donors (Lipinski definition) is 1. The van der Waals surface area contributed by atoms with E-state index in [4.69, 9.17) is 4.74 Å². The van der Waals surface area contributed by atoms with E-state index >= 15 is 0 Å². The van der Waals surface area contributed by atoms with Crippen LogP contribution in [0.3, 0.4) is 0 Å². The maximum Gasteiger partial charge on any atom is 0.0717 e. The molecule has 2 bridgehead atoms. The zero-order valence-corrected chi connectivity index (χ0v) is 11.6. The van der Waals surface area contributed by atoms with Gasteiger partial charge in [-0.1, -0.05) is 13.3 Å². The summed E-state index contributed by atoms with van der Waals surface area (Å²) in [6.07, 6.45) is 4.47. The Morgan fingerprint density at radius 1 is 1.12 bits per heavy atom. The van der Waals surface area contributed by atoms with Gasteiger partial charge in [0, 0.05) is 12.3 Å². The van der Waals surface area contributed by atoms with Gasteiger partial charge in [0.05, 0.1) is 17.3 Å². The molecule has 2 nitrogen and oxygen atoms in total. The normalized spacial score (nSPS) is 56.6. The molecule has 2 heterocycles. The Hall–Kier alpha value is -0.0800. The largest absolute Gasteiger partial charge is 0.393 e. The summed E-state index contributed by atoms with van der Waals surface area (Å²) in [5, 5.41) is 10.4. The highest BCUT2D eigenvalue weighted by Gasteiger charge is 2.59. The summed E-state index contributed by atoms with van der Waals surface area (Å²) >= 11 is 0. The van der Waals surface area contributed by atoms with E-state index in [1.807, 2.05) is 0 Å². The third kappa shape index (κ3) is 1.60. The first-order valence-electron chi connectivity index (χ1n) is 7.22. The second kappa shape index (κ2) is 3.48. The molecule has 2 aliphatic carbocycles. The minimum absolute atomic E-state index is 0.0919. The minimum atomic E-state index is -0.165. The summed E-state index contributed by atoms with van der Waals surface area (Å²) in [6.45, 7) is 8.97. The quantitative estimate of drug-likeness (QED) is 0.703. The van der Waals surface area contributed by atoms with Gasteiger partial charge in [0.25, 0.3) is 0 Å². The summed E-state index contributed by atoms with van der Waals surface area (Å²) < 4.78 is 6.46. The summed E-state index contributed by atoms with van der Waals surface area (Å²) in [5.74, 6) is 2.57. The van der Waals surface area contributed by atoms with Crippen molar-refractivity contribution in [3.63, 3.8) is 0 Å². The van der Waals surface area contributed by atoms with Crippen molar-refractivity contribution in [1.82, 2.24) is 0 Å². The molecule has 0 aromatic heterocycles. The van der Waals surface area contributed by atoms with Gasteiger partial charge in [-0.25, -0.2) is 0 Å². The van der Waals surface area contributed by atoms with Crippen LogP contribution in [0.2, 0.25) is 0 Å². The van der Waals surface area contributed by atoms with Crippen LogP contribution in [-0.2, 0) is 4.74 Å². The van der Waals surface area contributed by atoms with E-state index in [-0.39, 0.29) is 17.3 Å². The SMILES string of the molecule is C[C@@H]1CC[C@@H]2[C@@H]1C[C@H]1[C@@H](O)C[C@]2(C)OC1(C)C. The Labute approximate surface area is 105 Å². The Bertz CT molecular complexity index is 325. The maximum absolute atomic E-state index is 10.4. The Morgan fingerprint density at radius 2 is 1.82 bits per heavy atom. The fourth-order valence-corrected chi connectivity index (χ4v) is 5.12. The Balaban J connectivity index is 2.02. The molecular formula is C15H26O2. The van der Waals surface area contributed by atoms with E-state index < -0.39 is 0 Å². The first-order chi connectivity index (χ1) is 7.83. The number of aliphatic hydroxyl groups is 1.